The van der Waals surface area contributed by atoms with Crippen LogP contribution in [-0.4, -0.2) is 22.3 Å². The molecular weight excluding hydrogens is 144 g/mol. The third-order valence-electron chi connectivity index (χ3n) is 1.79. The molecule has 11 heavy (non-hydrogen) atoms. The molecule has 0 fully saturated rings. The van der Waals surface area contributed by atoms with E-state index in [-0.39, 0.29) is 5.92 Å². The van der Waals surface area contributed by atoms with Gasteiger partial charge in [0.05, 0.1) is 6.10 Å². The van der Waals surface area contributed by atoms with Crippen LogP contribution >= 0.6 is 0 Å². The summed E-state index contributed by atoms with van der Waals surface area (Å²) in [5.41, 5.74) is 0.688. The van der Waals surface area contributed by atoms with Crippen LogP contribution in [0, 0.1) is 5.92 Å². The van der Waals surface area contributed by atoms with Gasteiger partial charge in [0.15, 0.2) is 0 Å². The molecule has 0 saturated heterocycles. The molecular formula is C8H14O3. The van der Waals surface area contributed by atoms with E-state index in [2.05, 4.69) is 0 Å². The molecule has 2 atom stereocenters. The lowest BCUT2D eigenvalue weighted by atomic mass is 9.97. The molecule has 2 unspecified atom stereocenters. The summed E-state index contributed by atoms with van der Waals surface area (Å²) in [6.45, 7) is 5.13. The van der Waals surface area contributed by atoms with Crippen molar-refractivity contribution >= 4 is 5.97 Å². The number of aliphatic hydroxyl groups excluding tert-OH is 1. The second-order valence-corrected chi connectivity index (χ2v) is 2.76. The first-order valence-corrected chi connectivity index (χ1v) is 3.54. The topological polar surface area (TPSA) is 57.5 Å². The zero-order valence-electron chi connectivity index (χ0n) is 7.03. The van der Waals surface area contributed by atoms with Crippen molar-refractivity contribution in [2.45, 2.75) is 26.9 Å². The van der Waals surface area contributed by atoms with E-state index in [4.69, 9.17) is 10.2 Å². The van der Waals surface area contributed by atoms with Gasteiger partial charge in [0, 0.05) is 12.0 Å². The SMILES string of the molecule is CC(=CC(=O)O)C(C)C(C)O. The van der Waals surface area contributed by atoms with Crippen molar-refractivity contribution in [3.8, 4) is 0 Å². The Morgan fingerprint density at radius 1 is 1.45 bits per heavy atom. The zero-order valence-corrected chi connectivity index (χ0v) is 7.03. The van der Waals surface area contributed by atoms with Gasteiger partial charge in [-0.1, -0.05) is 12.5 Å². The smallest absolute Gasteiger partial charge is 0.328 e. The molecule has 0 aliphatic carbocycles. The van der Waals surface area contributed by atoms with E-state index in [1.54, 1.807) is 20.8 Å². The number of carboxylic acid groups (broad SMARTS) is 1. The third-order valence-corrected chi connectivity index (χ3v) is 1.79. The van der Waals surface area contributed by atoms with Crippen molar-refractivity contribution in [3.63, 3.8) is 0 Å². The van der Waals surface area contributed by atoms with Crippen LogP contribution in [0.25, 0.3) is 0 Å². The molecule has 0 radical (unpaired) electrons. The predicted octanol–water partition coefficient (Wildman–Crippen LogP) is 1.03. The number of carboxylic acids is 1. The Balaban J connectivity index is 4.23. The lowest BCUT2D eigenvalue weighted by molar-refractivity contribution is -0.131. The Labute approximate surface area is 66.4 Å². The van der Waals surface area contributed by atoms with E-state index in [1.807, 2.05) is 0 Å². The van der Waals surface area contributed by atoms with Gasteiger partial charge in [0.2, 0.25) is 0 Å². The molecule has 3 nitrogen and oxygen atoms in total. The van der Waals surface area contributed by atoms with Gasteiger partial charge in [-0.05, 0) is 13.8 Å². The molecule has 0 aromatic carbocycles. The largest absolute Gasteiger partial charge is 0.478 e. The van der Waals surface area contributed by atoms with E-state index in [9.17, 15) is 4.79 Å². The zero-order chi connectivity index (χ0) is 9.02. The molecule has 0 spiro atoms. The van der Waals surface area contributed by atoms with Gasteiger partial charge in [-0.25, -0.2) is 4.79 Å². The molecule has 0 aromatic rings. The summed E-state index contributed by atoms with van der Waals surface area (Å²) < 4.78 is 0. The Bertz CT molecular complexity index is 170. The van der Waals surface area contributed by atoms with Crippen LogP contribution in [-0.2, 0) is 4.79 Å². The first-order chi connectivity index (χ1) is 4.95. The second-order valence-electron chi connectivity index (χ2n) is 2.76. The molecule has 0 bridgehead atoms. The van der Waals surface area contributed by atoms with Crippen molar-refractivity contribution in [1.29, 1.82) is 0 Å². The maximum atomic E-state index is 10.2. The first-order valence-electron chi connectivity index (χ1n) is 3.54. The summed E-state index contributed by atoms with van der Waals surface area (Å²) >= 11 is 0. The van der Waals surface area contributed by atoms with Crippen LogP contribution in [0.3, 0.4) is 0 Å². The average Bonchev–Trinajstić information content (AvgIpc) is 1.84. The highest BCUT2D eigenvalue weighted by atomic mass is 16.4. The monoisotopic (exact) mass is 158 g/mol. The molecule has 0 heterocycles. The molecule has 64 valence electrons. The molecule has 3 heteroatoms. The lowest BCUT2D eigenvalue weighted by Crippen LogP contribution is -2.14. The standard InChI is InChI=1S/C8H14O3/c1-5(4-8(10)11)6(2)7(3)9/h4,6-7,9H,1-3H3,(H,10,11). The first kappa shape index (κ1) is 10.2. The van der Waals surface area contributed by atoms with Crippen LogP contribution in [0.2, 0.25) is 0 Å². The van der Waals surface area contributed by atoms with Crippen molar-refractivity contribution in [2.24, 2.45) is 5.92 Å². The van der Waals surface area contributed by atoms with E-state index in [0.717, 1.165) is 6.08 Å². The normalized spacial score (nSPS) is 17.6. The Morgan fingerprint density at radius 3 is 2.18 bits per heavy atom. The molecule has 0 aromatic heterocycles. The van der Waals surface area contributed by atoms with Crippen LogP contribution < -0.4 is 0 Å². The number of carbonyl (C=O) groups is 1. The van der Waals surface area contributed by atoms with Crippen LogP contribution in [0.5, 0.6) is 0 Å². The summed E-state index contributed by atoms with van der Waals surface area (Å²) in [6.07, 6.45) is 0.628. The van der Waals surface area contributed by atoms with Crippen LogP contribution in [0.1, 0.15) is 20.8 Å². The third kappa shape index (κ3) is 3.78. The Morgan fingerprint density at radius 2 is 1.91 bits per heavy atom. The maximum absolute atomic E-state index is 10.2. The summed E-state index contributed by atoms with van der Waals surface area (Å²) in [7, 11) is 0. The van der Waals surface area contributed by atoms with Gasteiger partial charge in [0.1, 0.15) is 0 Å². The minimum absolute atomic E-state index is 0.0916. The minimum atomic E-state index is -0.963. The number of rotatable bonds is 3. The van der Waals surface area contributed by atoms with E-state index in [1.165, 1.54) is 0 Å². The van der Waals surface area contributed by atoms with Gasteiger partial charge in [-0.15, -0.1) is 0 Å². The predicted molar refractivity (Wildman–Crippen MR) is 42.2 cm³/mol. The Kier molecular flexibility index (Phi) is 3.82. The number of aliphatic hydroxyl groups is 1. The number of hydrogen-bond acceptors (Lipinski definition) is 2. The molecule has 0 saturated carbocycles. The quantitative estimate of drug-likeness (QED) is 0.603. The van der Waals surface area contributed by atoms with E-state index < -0.39 is 12.1 Å². The van der Waals surface area contributed by atoms with Crippen LogP contribution in [0.4, 0.5) is 0 Å². The highest BCUT2D eigenvalue weighted by Crippen LogP contribution is 2.13. The summed E-state index contributed by atoms with van der Waals surface area (Å²) in [5.74, 6) is -1.05. The highest BCUT2D eigenvalue weighted by Gasteiger charge is 2.10. The minimum Gasteiger partial charge on any atom is -0.478 e. The van der Waals surface area contributed by atoms with Crippen molar-refractivity contribution < 1.29 is 15.0 Å². The fourth-order valence-corrected chi connectivity index (χ4v) is 0.707. The molecule has 0 aliphatic rings. The van der Waals surface area contributed by atoms with E-state index >= 15 is 0 Å². The molecule has 0 amide bonds. The van der Waals surface area contributed by atoms with Gasteiger partial charge in [-0.3, -0.25) is 0 Å². The number of hydrogen-bond donors (Lipinski definition) is 2. The molecule has 0 aliphatic heterocycles. The van der Waals surface area contributed by atoms with Gasteiger partial charge in [0.25, 0.3) is 0 Å². The fraction of sp³-hybridized carbons (Fsp3) is 0.625. The van der Waals surface area contributed by atoms with E-state index in [0.29, 0.717) is 5.57 Å². The molecule has 0 rings (SSSR count). The van der Waals surface area contributed by atoms with Crippen molar-refractivity contribution in [3.05, 3.63) is 11.6 Å². The Hall–Kier alpha value is -0.830. The van der Waals surface area contributed by atoms with Crippen molar-refractivity contribution in [2.75, 3.05) is 0 Å². The maximum Gasteiger partial charge on any atom is 0.328 e. The second kappa shape index (κ2) is 4.13. The van der Waals surface area contributed by atoms with Crippen molar-refractivity contribution in [1.82, 2.24) is 0 Å². The lowest BCUT2D eigenvalue weighted by Gasteiger charge is -2.14. The van der Waals surface area contributed by atoms with Gasteiger partial charge < -0.3 is 10.2 Å². The molecule has 2 N–H and O–H groups in total. The fourth-order valence-electron chi connectivity index (χ4n) is 0.707. The summed E-state index contributed by atoms with van der Waals surface area (Å²) in [6, 6.07) is 0. The van der Waals surface area contributed by atoms with Gasteiger partial charge >= 0.3 is 5.97 Å². The van der Waals surface area contributed by atoms with Gasteiger partial charge in [-0.2, -0.15) is 0 Å². The summed E-state index contributed by atoms with van der Waals surface area (Å²) in [5, 5.41) is 17.4. The average molecular weight is 158 g/mol. The summed E-state index contributed by atoms with van der Waals surface area (Å²) in [4.78, 5) is 10.2. The van der Waals surface area contributed by atoms with Crippen LogP contribution in [0.15, 0.2) is 11.6 Å². The number of aliphatic carboxylic acids is 1. The highest BCUT2D eigenvalue weighted by molar-refractivity contribution is 5.80.